The molecular weight excluding hydrogens is 985 g/mol. The zero-order valence-corrected chi connectivity index (χ0v) is 53.6. The summed E-state index contributed by atoms with van der Waals surface area (Å²) in [7, 11) is 0. The van der Waals surface area contributed by atoms with E-state index in [1.807, 2.05) is 0 Å². The van der Waals surface area contributed by atoms with E-state index in [1.165, 1.54) is 250 Å². The summed E-state index contributed by atoms with van der Waals surface area (Å²) in [5.74, 6) is -0.852. The minimum absolute atomic E-state index is 0.0712. The van der Waals surface area contributed by atoms with Crippen LogP contribution in [0.15, 0.2) is 60.8 Å². The second kappa shape index (κ2) is 68.6. The van der Waals surface area contributed by atoms with E-state index in [0.717, 1.165) is 83.5 Å². The van der Waals surface area contributed by atoms with Crippen LogP contribution in [0.25, 0.3) is 0 Å². The summed E-state index contributed by atoms with van der Waals surface area (Å²) in [4.78, 5) is 38.4. The second-order valence-corrected chi connectivity index (χ2v) is 23.8. The van der Waals surface area contributed by atoms with Crippen molar-refractivity contribution in [1.29, 1.82) is 0 Å². The van der Waals surface area contributed by atoms with Crippen molar-refractivity contribution in [3.05, 3.63) is 60.8 Å². The van der Waals surface area contributed by atoms with E-state index < -0.39 is 6.10 Å². The van der Waals surface area contributed by atoms with Gasteiger partial charge >= 0.3 is 17.9 Å². The molecule has 0 saturated heterocycles. The normalized spacial score (nSPS) is 12.4. The number of rotatable bonds is 65. The maximum absolute atomic E-state index is 12.9. The van der Waals surface area contributed by atoms with Crippen molar-refractivity contribution in [2.24, 2.45) is 0 Å². The molecule has 1 atom stereocenters. The van der Waals surface area contributed by atoms with Crippen LogP contribution < -0.4 is 0 Å². The molecule has 0 N–H and O–H groups in total. The van der Waals surface area contributed by atoms with Crippen LogP contribution in [-0.2, 0) is 28.6 Å². The summed E-state index contributed by atoms with van der Waals surface area (Å²) in [6.45, 7) is 6.58. The highest BCUT2D eigenvalue weighted by molar-refractivity contribution is 5.71. The zero-order chi connectivity index (χ0) is 57.8. The zero-order valence-electron chi connectivity index (χ0n) is 53.6. The van der Waals surface area contributed by atoms with Crippen LogP contribution in [0.3, 0.4) is 0 Å². The van der Waals surface area contributed by atoms with Gasteiger partial charge in [-0.15, -0.1) is 0 Å². The topological polar surface area (TPSA) is 78.9 Å². The van der Waals surface area contributed by atoms with Gasteiger partial charge in [0, 0.05) is 19.3 Å². The highest BCUT2D eigenvalue weighted by atomic mass is 16.6. The molecule has 6 nitrogen and oxygen atoms in total. The Labute approximate surface area is 498 Å². The predicted molar refractivity (Wildman–Crippen MR) is 348 cm³/mol. The van der Waals surface area contributed by atoms with Gasteiger partial charge in [-0.2, -0.15) is 0 Å². The number of carbonyl (C=O) groups excluding carboxylic acids is 3. The number of unbranched alkanes of at least 4 members (excludes halogenated alkanes) is 44. The lowest BCUT2D eigenvalue weighted by Crippen LogP contribution is -2.30. The SMILES string of the molecule is CC/C=C\C/C=C\C/C=C\C/C=C\CCCCCCCCCCCCC(=O)OC(COC(=O)CCCCCCCCCCCCCC)COC(=O)CCCCCCCCCCCCCCCCC/C=C\CCCCCCCCCC. The number of allylic oxidation sites excluding steroid dienone is 10. The molecule has 0 heterocycles. The Morgan fingerprint density at radius 1 is 0.263 bits per heavy atom. The summed E-state index contributed by atoms with van der Waals surface area (Å²) >= 11 is 0. The van der Waals surface area contributed by atoms with E-state index >= 15 is 0 Å². The van der Waals surface area contributed by atoms with Gasteiger partial charge in [-0.25, -0.2) is 0 Å². The average Bonchev–Trinajstić information content (AvgIpc) is 3.46. The standard InChI is InChI=1S/C74H134O6/c1-4-7-10-13-16-19-22-25-27-29-31-33-35-36-37-38-40-41-43-45-47-49-52-55-58-61-64-67-73(76)79-70-71(69-78-72(75)66-63-60-57-54-51-24-21-18-15-12-9-6-3)80-74(77)68-65-62-59-56-53-50-48-46-44-42-39-34-32-30-28-26-23-20-17-14-11-8-5-2/h8,11,17,20,26,28-29,31-32,34,71H,4-7,9-10,12-16,18-19,21-25,27,30,33,35-70H2,1-3H3/b11-8-,20-17-,28-26-,31-29-,34-32-. The monoisotopic (exact) mass is 1120 g/mol. The Morgan fingerprint density at radius 3 is 0.775 bits per heavy atom. The van der Waals surface area contributed by atoms with Gasteiger partial charge in [0.05, 0.1) is 0 Å². The minimum Gasteiger partial charge on any atom is -0.462 e. The second-order valence-electron chi connectivity index (χ2n) is 23.8. The highest BCUT2D eigenvalue weighted by Gasteiger charge is 2.19. The number of esters is 3. The van der Waals surface area contributed by atoms with E-state index in [2.05, 4.69) is 81.5 Å². The van der Waals surface area contributed by atoms with Crippen LogP contribution in [0.1, 0.15) is 374 Å². The molecule has 466 valence electrons. The summed E-state index contributed by atoms with van der Waals surface area (Å²) in [5.41, 5.74) is 0. The molecule has 0 fully saturated rings. The molecular formula is C74H134O6. The van der Waals surface area contributed by atoms with Crippen LogP contribution in [0.5, 0.6) is 0 Å². The summed E-state index contributed by atoms with van der Waals surface area (Å²) in [5, 5.41) is 0. The van der Waals surface area contributed by atoms with E-state index in [1.54, 1.807) is 0 Å². The van der Waals surface area contributed by atoms with Gasteiger partial charge in [0.15, 0.2) is 6.10 Å². The fraction of sp³-hybridized carbons (Fsp3) is 0.824. The molecule has 0 aromatic carbocycles. The number of hydrogen-bond acceptors (Lipinski definition) is 6. The van der Waals surface area contributed by atoms with Crippen LogP contribution in [-0.4, -0.2) is 37.2 Å². The summed E-state index contributed by atoms with van der Waals surface area (Å²) in [6.07, 6.45) is 88.2. The number of carbonyl (C=O) groups is 3. The van der Waals surface area contributed by atoms with Crippen molar-refractivity contribution in [1.82, 2.24) is 0 Å². The van der Waals surface area contributed by atoms with Crippen LogP contribution in [0.4, 0.5) is 0 Å². The highest BCUT2D eigenvalue weighted by Crippen LogP contribution is 2.18. The fourth-order valence-electron chi connectivity index (χ4n) is 10.5. The number of hydrogen-bond donors (Lipinski definition) is 0. The molecule has 0 spiro atoms. The van der Waals surface area contributed by atoms with Gasteiger partial charge in [0.25, 0.3) is 0 Å². The van der Waals surface area contributed by atoms with Gasteiger partial charge in [0.1, 0.15) is 13.2 Å². The predicted octanol–water partition coefficient (Wildman–Crippen LogP) is 24.3. The molecule has 0 amide bonds. The summed E-state index contributed by atoms with van der Waals surface area (Å²) in [6, 6.07) is 0. The fourth-order valence-corrected chi connectivity index (χ4v) is 10.5. The van der Waals surface area contributed by atoms with Gasteiger partial charge in [-0.3, -0.25) is 14.4 Å². The first-order valence-electron chi connectivity index (χ1n) is 35.3. The van der Waals surface area contributed by atoms with E-state index in [9.17, 15) is 14.4 Å². The Morgan fingerprint density at radius 2 is 0.487 bits per heavy atom. The van der Waals surface area contributed by atoms with Crippen LogP contribution in [0, 0.1) is 0 Å². The number of ether oxygens (including phenoxy) is 3. The molecule has 6 heteroatoms. The Hall–Kier alpha value is -2.89. The lowest BCUT2D eigenvalue weighted by atomic mass is 10.0. The van der Waals surface area contributed by atoms with Crippen molar-refractivity contribution in [2.75, 3.05) is 13.2 Å². The molecule has 0 aromatic rings. The van der Waals surface area contributed by atoms with Crippen molar-refractivity contribution in [2.45, 2.75) is 380 Å². The smallest absolute Gasteiger partial charge is 0.306 e. The first kappa shape index (κ1) is 77.1. The van der Waals surface area contributed by atoms with E-state index in [0.29, 0.717) is 19.3 Å². The van der Waals surface area contributed by atoms with Gasteiger partial charge in [-0.1, -0.05) is 332 Å². The average molecular weight is 1120 g/mol. The summed E-state index contributed by atoms with van der Waals surface area (Å²) < 4.78 is 17.0. The van der Waals surface area contributed by atoms with E-state index in [4.69, 9.17) is 14.2 Å². The molecule has 1 unspecified atom stereocenters. The first-order valence-corrected chi connectivity index (χ1v) is 35.3. The Balaban J connectivity index is 4.22. The minimum atomic E-state index is -0.775. The maximum atomic E-state index is 12.9. The largest absolute Gasteiger partial charge is 0.462 e. The van der Waals surface area contributed by atoms with Crippen molar-refractivity contribution in [3.8, 4) is 0 Å². The lowest BCUT2D eigenvalue weighted by Gasteiger charge is -2.18. The van der Waals surface area contributed by atoms with Crippen LogP contribution in [0.2, 0.25) is 0 Å². The molecule has 0 aliphatic carbocycles. The third kappa shape index (κ3) is 65.9. The van der Waals surface area contributed by atoms with Crippen LogP contribution >= 0.6 is 0 Å². The molecule has 0 aliphatic rings. The quantitative estimate of drug-likeness (QED) is 0.0261. The Kier molecular flexibility index (Phi) is 66.1. The molecule has 0 bridgehead atoms. The molecule has 0 aliphatic heterocycles. The molecule has 80 heavy (non-hydrogen) atoms. The molecule has 0 radical (unpaired) electrons. The van der Waals surface area contributed by atoms with Crippen molar-refractivity contribution >= 4 is 17.9 Å². The molecule has 0 saturated carbocycles. The van der Waals surface area contributed by atoms with Gasteiger partial charge in [0.2, 0.25) is 0 Å². The third-order valence-electron chi connectivity index (χ3n) is 15.8. The molecule has 0 aromatic heterocycles. The maximum Gasteiger partial charge on any atom is 0.306 e. The Bertz CT molecular complexity index is 1430. The first-order chi connectivity index (χ1) is 39.5. The van der Waals surface area contributed by atoms with Crippen molar-refractivity contribution in [3.63, 3.8) is 0 Å². The lowest BCUT2D eigenvalue weighted by molar-refractivity contribution is -0.167. The van der Waals surface area contributed by atoms with Gasteiger partial charge in [-0.05, 0) is 83.5 Å². The third-order valence-corrected chi connectivity index (χ3v) is 15.8. The van der Waals surface area contributed by atoms with Crippen molar-refractivity contribution < 1.29 is 28.6 Å². The molecule has 0 rings (SSSR count). The van der Waals surface area contributed by atoms with E-state index in [-0.39, 0.29) is 31.1 Å². The van der Waals surface area contributed by atoms with Gasteiger partial charge < -0.3 is 14.2 Å².